The Balaban J connectivity index is 4.55. The molecule has 0 amide bonds. The van der Waals surface area contributed by atoms with Gasteiger partial charge in [0.25, 0.3) is 0 Å². The van der Waals surface area contributed by atoms with Gasteiger partial charge in [0.2, 0.25) is 0 Å². The Morgan fingerprint density at radius 1 is 0.778 bits per heavy atom. The number of esters is 2. The summed E-state index contributed by atoms with van der Waals surface area (Å²) in [4.78, 5) is 23.2. The van der Waals surface area contributed by atoms with E-state index in [1.54, 1.807) is 41.5 Å². The standard InChI is InChI=1S/C12H20Cl2O4/c1-11(2,3)17-9(15)7(13)8(14)10(16)18-12(4,5)6/h7-8H,1-6H3. The Hall–Kier alpha value is -0.480. The number of hydrogen-bond acceptors (Lipinski definition) is 4. The van der Waals surface area contributed by atoms with Gasteiger partial charge in [-0.2, -0.15) is 0 Å². The van der Waals surface area contributed by atoms with Crippen LogP contribution < -0.4 is 0 Å². The summed E-state index contributed by atoms with van der Waals surface area (Å²) in [6.07, 6.45) is 0. The first-order valence-corrected chi connectivity index (χ1v) is 6.44. The molecule has 2 unspecified atom stereocenters. The van der Waals surface area contributed by atoms with Crippen LogP contribution in [0.3, 0.4) is 0 Å². The summed E-state index contributed by atoms with van der Waals surface area (Å²) in [5.41, 5.74) is -1.37. The van der Waals surface area contributed by atoms with Crippen molar-refractivity contribution in [2.45, 2.75) is 63.5 Å². The zero-order chi connectivity index (χ0) is 14.7. The summed E-state index contributed by atoms with van der Waals surface area (Å²) in [6.45, 7) is 10.2. The van der Waals surface area contributed by atoms with Crippen molar-refractivity contribution in [3.05, 3.63) is 0 Å². The molecule has 0 aliphatic heterocycles. The van der Waals surface area contributed by atoms with Crippen LogP contribution in [0.25, 0.3) is 0 Å². The highest BCUT2D eigenvalue weighted by atomic mass is 35.5. The molecule has 0 saturated heterocycles. The second-order valence-electron chi connectivity index (χ2n) is 5.87. The molecule has 4 nitrogen and oxygen atoms in total. The van der Waals surface area contributed by atoms with Gasteiger partial charge >= 0.3 is 11.9 Å². The molecule has 0 rings (SSSR count). The molecule has 106 valence electrons. The quantitative estimate of drug-likeness (QED) is 0.594. The number of carbonyl (C=O) groups is 2. The van der Waals surface area contributed by atoms with Gasteiger partial charge in [-0.05, 0) is 41.5 Å². The highest BCUT2D eigenvalue weighted by molar-refractivity contribution is 6.42. The first-order chi connectivity index (χ1) is 7.83. The average Bonchev–Trinajstić information content (AvgIpc) is 2.09. The Morgan fingerprint density at radius 2 is 1.00 bits per heavy atom. The van der Waals surface area contributed by atoms with E-state index in [1.807, 2.05) is 0 Å². The van der Waals surface area contributed by atoms with Crippen LogP contribution in [0, 0.1) is 0 Å². The third-order valence-corrected chi connectivity index (χ3v) is 2.51. The van der Waals surface area contributed by atoms with Crippen LogP contribution >= 0.6 is 23.2 Å². The molecule has 18 heavy (non-hydrogen) atoms. The molecule has 0 saturated carbocycles. The minimum Gasteiger partial charge on any atom is -0.459 e. The number of alkyl halides is 2. The maximum absolute atomic E-state index is 11.6. The molecule has 0 aromatic rings. The van der Waals surface area contributed by atoms with E-state index in [1.165, 1.54) is 0 Å². The lowest BCUT2D eigenvalue weighted by Crippen LogP contribution is -2.40. The summed E-state index contributed by atoms with van der Waals surface area (Å²) in [5, 5.41) is -2.55. The maximum Gasteiger partial charge on any atom is 0.326 e. The van der Waals surface area contributed by atoms with Gasteiger partial charge < -0.3 is 9.47 Å². The molecule has 0 fully saturated rings. The lowest BCUT2D eigenvalue weighted by molar-refractivity contribution is -0.161. The van der Waals surface area contributed by atoms with E-state index in [4.69, 9.17) is 32.7 Å². The molecule has 0 spiro atoms. The number of ether oxygens (including phenoxy) is 2. The topological polar surface area (TPSA) is 52.6 Å². The summed E-state index contributed by atoms with van der Waals surface area (Å²) >= 11 is 11.6. The second-order valence-corrected chi connectivity index (χ2v) is 6.81. The molecular formula is C12H20Cl2O4. The first kappa shape index (κ1) is 17.5. The molecule has 0 radical (unpaired) electrons. The van der Waals surface area contributed by atoms with Gasteiger partial charge in [0.1, 0.15) is 11.2 Å². The van der Waals surface area contributed by atoms with Gasteiger partial charge in [-0.3, -0.25) is 9.59 Å². The van der Waals surface area contributed by atoms with Crippen LogP contribution in [0.15, 0.2) is 0 Å². The van der Waals surface area contributed by atoms with Crippen molar-refractivity contribution in [1.29, 1.82) is 0 Å². The molecule has 0 aliphatic carbocycles. The third kappa shape index (κ3) is 7.07. The summed E-state index contributed by atoms with van der Waals surface area (Å²) < 4.78 is 10.1. The van der Waals surface area contributed by atoms with Crippen LogP contribution in [0.4, 0.5) is 0 Å². The maximum atomic E-state index is 11.6. The van der Waals surface area contributed by atoms with Gasteiger partial charge in [-0.25, -0.2) is 0 Å². The Labute approximate surface area is 118 Å². The van der Waals surface area contributed by atoms with Crippen LogP contribution in [0.5, 0.6) is 0 Å². The summed E-state index contributed by atoms with van der Waals surface area (Å²) in [5.74, 6) is -1.48. The molecule has 0 bridgehead atoms. The van der Waals surface area contributed by atoms with Crippen molar-refractivity contribution in [2.75, 3.05) is 0 Å². The summed E-state index contributed by atoms with van der Waals surface area (Å²) in [7, 11) is 0. The van der Waals surface area contributed by atoms with E-state index in [9.17, 15) is 9.59 Å². The van der Waals surface area contributed by atoms with Gasteiger partial charge in [0, 0.05) is 0 Å². The predicted molar refractivity (Wildman–Crippen MR) is 71.0 cm³/mol. The number of halogens is 2. The third-order valence-electron chi connectivity index (χ3n) is 1.52. The van der Waals surface area contributed by atoms with E-state index in [0.717, 1.165) is 0 Å². The van der Waals surface area contributed by atoms with Gasteiger partial charge in [0.05, 0.1) is 0 Å². The van der Waals surface area contributed by atoms with E-state index in [0.29, 0.717) is 0 Å². The fraction of sp³-hybridized carbons (Fsp3) is 0.833. The van der Waals surface area contributed by atoms with E-state index in [-0.39, 0.29) is 0 Å². The molecule has 0 N–H and O–H groups in total. The van der Waals surface area contributed by atoms with Crippen molar-refractivity contribution < 1.29 is 19.1 Å². The monoisotopic (exact) mass is 298 g/mol. The SMILES string of the molecule is CC(C)(C)OC(=O)C(Cl)C(Cl)C(=O)OC(C)(C)C. The zero-order valence-electron chi connectivity index (χ0n) is 11.5. The molecule has 6 heteroatoms. The minimum absolute atomic E-state index is 0.686. The average molecular weight is 299 g/mol. The van der Waals surface area contributed by atoms with Crippen molar-refractivity contribution >= 4 is 35.1 Å². The highest BCUT2D eigenvalue weighted by Crippen LogP contribution is 2.20. The normalized spacial score (nSPS) is 15.8. The van der Waals surface area contributed by atoms with Crippen LogP contribution in [-0.2, 0) is 19.1 Å². The number of rotatable bonds is 3. The molecule has 0 aromatic carbocycles. The van der Waals surface area contributed by atoms with E-state index >= 15 is 0 Å². The zero-order valence-corrected chi connectivity index (χ0v) is 13.1. The molecule has 0 aromatic heterocycles. The van der Waals surface area contributed by atoms with Gasteiger partial charge in [-0.1, -0.05) is 0 Å². The number of carbonyl (C=O) groups excluding carboxylic acids is 2. The Morgan fingerprint density at radius 3 is 1.17 bits per heavy atom. The summed E-state index contributed by atoms with van der Waals surface area (Å²) in [6, 6.07) is 0. The highest BCUT2D eigenvalue weighted by Gasteiger charge is 2.36. The van der Waals surface area contributed by atoms with E-state index in [2.05, 4.69) is 0 Å². The minimum atomic E-state index is -1.28. The Bertz CT molecular complexity index is 283. The molecule has 0 aliphatic rings. The van der Waals surface area contributed by atoms with Crippen molar-refractivity contribution in [3.8, 4) is 0 Å². The largest absolute Gasteiger partial charge is 0.459 e. The Kier molecular flexibility index (Phi) is 5.95. The molecule has 2 atom stereocenters. The van der Waals surface area contributed by atoms with Crippen LogP contribution in [-0.4, -0.2) is 33.9 Å². The fourth-order valence-corrected chi connectivity index (χ4v) is 1.25. The van der Waals surface area contributed by atoms with Crippen molar-refractivity contribution in [1.82, 2.24) is 0 Å². The lowest BCUT2D eigenvalue weighted by atomic mass is 10.2. The van der Waals surface area contributed by atoms with Gasteiger partial charge in [-0.15, -0.1) is 23.2 Å². The van der Waals surface area contributed by atoms with Gasteiger partial charge in [0.15, 0.2) is 10.8 Å². The van der Waals surface area contributed by atoms with Crippen molar-refractivity contribution in [3.63, 3.8) is 0 Å². The first-order valence-electron chi connectivity index (χ1n) is 5.57. The fourth-order valence-electron chi connectivity index (χ4n) is 0.955. The molecular weight excluding hydrogens is 279 g/mol. The van der Waals surface area contributed by atoms with Crippen molar-refractivity contribution in [2.24, 2.45) is 0 Å². The lowest BCUT2D eigenvalue weighted by Gasteiger charge is -2.25. The predicted octanol–water partition coefficient (Wildman–Crippen LogP) is 2.88. The number of hydrogen-bond donors (Lipinski definition) is 0. The van der Waals surface area contributed by atoms with Crippen LogP contribution in [0.1, 0.15) is 41.5 Å². The van der Waals surface area contributed by atoms with Crippen LogP contribution in [0.2, 0.25) is 0 Å². The van der Waals surface area contributed by atoms with E-state index < -0.39 is 33.9 Å². The smallest absolute Gasteiger partial charge is 0.326 e. The molecule has 0 heterocycles. The second kappa shape index (κ2) is 6.11.